The van der Waals surface area contributed by atoms with Gasteiger partial charge in [-0.25, -0.2) is 0 Å². The molecule has 1 saturated carbocycles. The van der Waals surface area contributed by atoms with Crippen LogP contribution in [0.5, 0.6) is 0 Å². The Morgan fingerprint density at radius 3 is 2.72 bits per heavy atom. The highest BCUT2D eigenvalue weighted by Gasteiger charge is 2.45. The second-order valence-electron chi connectivity index (χ2n) is 5.58. The molecule has 1 aromatic rings. The Balaban J connectivity index is 1.99. The quantitative estimate of drug-likeness (QED) is 0.815. The Morgan fingerprint density at radius 1 is 1.44 bits per heavy atom. The number of carbonyl (C=O) groups is 1. The summed E-state index contributed by atoms with van der Waals surface area (Å²) in [6.45, 7) is 5.08. The largest absolute Gasteiger partial charge is 0.345 e. The van der Waals surface area contributed by atoms with Gasteiger partial charge in [-0.15, -0.1) is 0 Å². The second kappa shape index (κ2) is 5.31. The molecule has 0 aromatic heterocycles. The lowest BCUT2D eigenvalue weighted by molar-refractivity contribution is -0.131. The van der Waals surface area contributed by atoms with Gasteiger partial charge in [-0.2, -0.15) is 0 Å². The Kier molecular flexibility index (Phi) is 3.96. The number of carbonyl (C=O) groups excluding carboxylic acids is 1. The Labute approximate surface area is 114 Å². The lowest BCUT2D eigenvalue weighted by Crippen LogP contribution is -2.31. The van der Waals surface area contributed by atoms with E-state index in [0.717, 1.165) is 23.6 Å². The molecule has 0 bridgehead atoms. The summed E-state index contributed by atoms with van der Waals surface area (Å²) in [5, 5.41) is 0.782. The number of nitrogens with zero attached hydrogens (tertiary/aromatic N) is 1. The minimum Gasteiger partial charge on any atom is -0.345 e. The van der Waals surface area contributed by atoms with Crippen LogP contribution in [0.15, 0.2) is 24.3 Å². The molecule has 0 heterocycles. The minimum atomic E-state index is 0.133. The van der Waals surface area contributed by atoms with Crippen LogP contribution in [0.25, 0.3) is 0 Å². The molecular weight excluding hydrogens is 246 g/mol. The molecule has 0 aliphatic heterocycles. The fourth-order valence-electron chi connectivity index (χ4n) is 2.51. The first-order chi connectivity index (χ1) is 8.50. The van der Waals surface area contributed by atoms with Crippen molar-refractivity contribution in [2.24, 2.45) is 11.8 Å². The van der Waals surface area contributed by atoms with Gasteiger partial charge in [0.15, 0.2) is 0 Å². The van der Waals surface area contributed by atoms with Crippen LogP contribution >= 0.6 is 11.6 Å². The standard InChI is InChI=1S/C15H20ClNO/c1-10(2)9-17(3)15(18)13-8-12(13)11-6-4-5-7-14(11)16/h4-7,10,12-13H,8-9H2,1-3H3. The third-order valence-electron chi connectivity index (χ3n) is 3.43. The van der Waals surface area contributed by atoms with Crippen LogP contribution in [-0.2, 0) is 4.79 Å². The lowest BCUT2D eigenvalue weighted by Gasteiger charge is -2.19. The first-order valence-corrected chi connectivity index (χ1v) is 6.88. The fourth-order valence-corrected chi connectivity index (χ4v) is 2.78. The van der Waals surface area contributed by atoms with Crippen LogP contribution < -0.4 is 0 Å². The van der Waals surface area contributed by atoms with Crippen molar-refractivity contribution < 1.29 is 4.79 Å². The van der Waals surface area contributed by atoms with Crippen LogP contribution in [0.1, 0.15) is 31.7 Å². The average molecular weight is 266 g/mol. The van der Waals surface area contributed by atoms with Crippen molar-refractivity contribution in [3.8, 4) is 0 Å². The highest BCUT2D eigenvalue weighted by Crippen LogP contribution is 2.50. The zero-order chi connectivity index (χ0) is 13.3. The zero-order valence-corrected chi connectivity index (χ0v) is 11.9. The Morgan fingerprint density at radius 2 is 2.11 bits per heavy atom. The van der Waals surface area contributed by atoms with E-state index in [-0.39, 0.29) is 11.8 Å². The molecule has 2 nitrogen and oxygen atoms in total. The van der Waals surface area contributed by atoms with E-state index < -0.39 is 0 Å². The van der Waals surface area contributed by atoms with Gasteiger partial charge in [0.2, 0.25) is 5.91 Å². The van der Waals surface area contributed by atoms with Crippen LogP contribution in [0.4, 0.5) is 0 Å². The maximum Gasteiger partial charge on any atom is 0.226 e. The molecule has 1 aromatic carbocycles. The van der Waals surface area contributed by atoms with E-state index in [2.05, 4.69) is 13.8 Å². The molecule has 2 rings (SSSR count). The molecule has 1 aliphatic rings. The van der Waals surface area contributed by atoms with Crippen LogP contribution in [-0.4, -0.2) is 24.4 Å². The van der Waals surface area contributed by atoms with Gasteiger partial charge < -0.3 is 4.90 Å². The average Bonchev–Trinajstić information content (AvgIpc) is 3.07. The number of hydrogen-bond donors (Lipinski definition) is 0. The summed E-state index contributed by atoms with van der Waals surface area (Å²) in [5.41, 5.74) is 1.12. The number of amides is 1. The summed E-state index contributed by atoms with van der Waals surface area (Å²) in [7, 11) is 1.89. The van der Waals surface area contributed by atoms with Gasteiger partial charge in [0.05, 0.1) is 0 Å². The van der Waals surface area contributed by atoms with E-state index in [9.17, 15) is 4.79 Å². The van der Waals surface area contributed by atoms with Crippen molar-refractivity contribution in [2.75, 3.05) is 13.6 Å². The molecule has 1 fully saturated rings. The first kappa shape index (κ1) is 13.4. The Hall–Kier alpha value is -1.02. The van der Waals surface area contributed by atoms with E-state index in [1.165, 1.54) is 0 Å². The predicted octanol–water partition coefficient (Wildman–Crippen LogP) is 3.56. The molecule has 0 N–H and O–H groups in total. The van der Waals surface area contributed by atoms with Gasteiger partial charge in [-0.05, 0) is 29.9 Å². The molecular formula is C15H20ClNO. The third-order valence-corrected chi connectivity index (χ3v) is 3.77. The maximum atomic E-state index is 12.2. The van der Waals surface area contributed by atoms with Gasteiger partial charge in [0.25, 0.3) is 0 Å². The number of halogens is 1. The summed E-state index contributed by atoms with van der Waals surface area (Å²) < 4.78 is 0. The topological polar surface area (TPSA) is 20.3 Å². The maximum absolute atomic E-state index is 12.2. The molecule has 0 saturated heterocycles. The van der Waals surface area contributed by atoms with E-state index >= 15 is 0 Å². The summed E-state index contributed by atoms with van der Waals surface area (Å²) in [6.07, 6.45) is 0.936. The van der Waals surface area contributed by atoms with Gasteiger partial charge in [0.1, 0.15) is 0 Å². The highest BCUT2D eigenvalue weighted by atomic mass is 35.5. The summed E-state index contributed by atoms with van der Waals surface area (Å²) in [5.74, 6) is 1.22. The molecule has 18 heavy (non-hydrogen) atoms. The van der Waals surface area contributed by atoms with Crippen molar-refractivity contribution in [3.05, 3.63) is 34.9 Å². The van der Waals surface area contributed by atoms with Gasteiger partial charge >= 0.3 is 0 Å². The predicted molar refractivity (Wildman–Crippen MR) is 74.8 cm³/mol. The summed E-state index contributed by atoms with van der Waals surface area (Å²) in [4.78, 5) is 14.1. The van der Waals surface area contributed by atoms with Crippen molar-refractivity contribution in [2.45, 2.75) is 26.2 Å². The fraction of sp³-hybridized carbons (Fsp3) is 0.533. The molecule has 2 atom stereocenters. The van der Waals surface area contributed by atoms with Crippen LogP contribution in [0.3, 0.4) is 0 Å². The number of rotatable bonds is 4. The second-order valence-corrected chi connectivity index (χ2v) is 5.99. The van der Waals surface area contributed by atoms with Crippen molar-refractivity contribution in [1.82, 2.24) is 4.90 Å². The van der Waals surface area contributed by atoms with Crippen LogP contribution in [0.2, 0.25) is 5.02 Å². The molecule has 1 aliphatic carbocycles. The normalized spacial score (nSPS) is 22.1. The van der Waals surface area contributed by atoms with E-state index in [1.807, 2.05) is 36.2 Å². The zero-order valence-electron chi connectivity index (χ0n) is 11.2. The van der Waals surface area contributed by atoms with E-state index in [1.54, 1.807) is 0 Å². The lowest BCUT2D eigenvalue weighted by atomic mass is 10.1. The molecule has 0 spiro atoms. The number of hydrogen-bond acceptors (Lipinski definition) is 1. The summed E-state index contributed by atoms with van der Waals surface area (Å²) >= 11 is 6.17. The first-order valence-electron chi connectivity index (χ1n) is 6.50. The van der Waals surface area contributed by atoms with Gasteiger partial charge in [-0.3, -0.25) is 4.79 Å². The highest BCUT2D eigenvalue weighted by molar-refractivity contribution is 6.31. The van der Waals surface area contributed by atoms with Crippen molar-refractivity contribution in [3.63, 3.8) is 0 Å². The smallest absolute Gasteiger partial charge is 0.226 e. The number of benzene rings is 1. The monoisotopic (exact) mass is 265 g/mol. The minimum absolute atomic E-state index is 0.133. The van der Waals surface area contributed by atoms with E-state index in [0.29, 0.717) is 11.8 Å². The molecule has 1 amide bonds. The molecule has 3 heteroatoms. The SMILES string of the molecule is CC(C)CN(C)C(=O)C1CC1c1ccccc1Cl. The third kappa shape index (κ3) is 2.86. The molecule has 98 valence electrons. The van der Waals surface area contributed by atoms with Gasteiger partial charge in [-0.1, -0.05) is 43.6 Å². The Bertz CT molecular complexity index is 444. The molecule has 2 unspecified atom stereocenters. The van der Waals surface area contributed by atoms with E-state index in [4.69, 9.17) is 11.6 Å². The van der Waals surface area contributed by atoms with Crippen molar-refractivity contribution >= 4 is 17.5 Å². The summed E-state index contributed by atoms with van der Waals surface area (Å²) in [6, 6.07) is 7.84. The van der Waals surface area contributed by atoms with Crippen molar-refractivity contribution in [1.29, 1.82) is 0 Å². The van der Waals surface area contributed by atoms with Gasteiger partial charge in [0, 0.05) is 24.5 Å². The molecule has 0 radical (unpaired) electrons. The van der Waals surface area contributed by atoms with Crippen LogP contribution in [0, 0.1) is 11.8 Å².